The molecule has 2 rings (SSSR count). The highest BCUT2D eigenvalue weighted by Crippen LogP contribution is 2.11. The number of aliphatic carboxylic acids is 1. The van der Waals surface area contributed by atoms with Gasteiger partial charge in [0.2, 0.25) is 0 Å². The van der Waals surface area contributed by atoms with Gasteiger partial charge in [0.25, 0.3) is 0 Å². The van der Waals surface area contributed by atoms with Crippen molar-refractivity contribution in [3.8, 4) is 0 Å². The second-order valence-electron chi connectivity index (χ2n) is 6.36. The Labute approximate surface area is 158 Å². The first-order valence-corrected chi connectivity index (χ1v) is 8.72. The molecule has 2 unspecified atom stereocenters. The van der Waals surface area contributed by atoms with Gasteiger partial charge in [0.05, 0.1) is 12.0 Å². The van der Waals surface area contributed by atoms with Crippen molar-refractivity contribution < 1.29 is 24.2 Å². The van der Waals surface area contributed by atoms with E-state index in [1.165, 1.54) is 6.92 Å². The number of amides is 1. The lowest BCUT2D eigenvalue weighted by molar-refractivity contribution is -0.143. The van der Waals surface area contributed by atoms with Crippen molar-refractivity contribution in [3.63, 3.8) is 0 Å². The third-order valence-electron chi connectivity index (χ3n) is 4.11. The van der Waals surface area contributed by atoms with Gasteiger partial charge in [0.15, 0.2) is 5.78 Å². The van der Waals surface area contributed by atoms with Crippen molar-refractivity contribution in [1.29, 1.82) is 0 Å². The molecular formula is C21H23NO5. The average Bonchev–Trinajstić information content (AvgIpc) is 2.67. The summed E-state index contributed by atoms with van der Waals surface area (Å²) in [5.74, 6) is -2.21. The smallest absolute Gasteiger partial charge is 0.408 e. The van der Waals surface area contributed by atoms with Crippen molar-refractivity contribution in [2.75, 3.05) is 0 Å². The molecule has 142 valence electrons. The fourth-order valence-electron chi connectivity index (χ4n) is 2.53. The lowest BCUT2D eigenvalue weighted by Crippen LogP contribution is -2.43. The zero-order valence-corrected chi connectivity index (χ0v) is 15.1. The van der Waals surface area contributed by atoms with E-state index < -0.39 is 24.0 Å². The molecule has 0 saturated heterocycles. The molecular weight excluding hydrogens is 346 g/mol. The fraction of sp³-hybridized carbons (Fsp3) is 0.286. The van der Waals surface area contributed by atoms with E-state index in [2.05, 4.69) is 5.32 Å². The number of ketones is 1. The summed E-state index contributed by atoms with van der Waals surface area (Å²) in [4.78, 5) is 35.7. The maximum atomic E-state index is 12.5. The molecule has 0 saturated carbocycles. The third kappa shape index (κ3) is 6.93. The van der Waals surface area contributed by atoms with E-state index in [4.69, 9.17) is 9.84 Å². The van der Waals surface area contributed by atoms with Crippen LogP contribution >= 0.6 is 0 Å². The minimum atomic E-state index is -1.05. The number of rotatable bonds is 9. The van der Waals surface area contributed by atoms with Gasteiger partial charge in [-0.05, 0) is 17.5 Å². The summed E-state index contributed by atoms with van der Waals surface area (Å²) >= 11 is 0. The van der Waals surface area contributed by atoms with E-state index >= 15 is 0 Å². The highest BCUT2D eigenvalue weighted by Gasteiger charge is 2.25. The lowest BCUT2D eigenvalue weighted by atomic mass is 9.96. The van der Waals surface area contributed by atoms with E-state index in [0.29, 0.717) is 0 Å². The van der Waals surface area contributed by atoms with Gasteiger partial charge < -0.3 is 15.2 Å². The Bertz CT molecular complexity index is 761. The van der Waals surface area contributed by atoms with Gasteiger partial charge in [-0.3, -0.25) is 9.59 Å². The van der Waals surface area contributed by atoms with Crippen LogP contribution in [0.2, 0.25) is 0 Å². The van der Waals surface area contributed by atoms with Crippen LogP contribution in [0.3, 0.4) is 0 Å². The molecule has 0 fully saturated rings. The Morgan fingerprint density at radius 3 is 2.07 bits per heavy atom. The lowest BCUT2D eigenvalue weighted by Gasteiger charge is -2.19. The summed E-state index contributed by atoms with van der Waals surface area (Å²) in [6.07, 6.45) is -0.603. The quantitative estimate of drug-likeness (QED) is 0.708. The summed E-state index contributed by atoms with van der Waals surface area (Å²) in [6, 6.07) is 17.6. The molecule has 0 aromatic heterocycles. The van der Waals surface area contributed by atoms with Crippen LogP contribution in [0.4, 0.5) is 4.79 Å². The number of ether oxygens (including phenoxy) is 1. The van der Waals surface area contributed by atoms with Crippen molar-refractivity contribution >= 4 is 17.8 Å². The van der Waals surface area contributed by atoms with E-state index in [1.807, 2.05) is 60.7 Å². The van der Waals surface area contributed by atoms with E-state index in [9.17, 15) is 14.4 Å². The van der Waals surface area contributed by atoms with Crippen molar-refractivity contribution in [2.45, 2.75) is 32.4 Å². The van der Waals surface area contributed by atoms with E-state index in [1.54, 1.807) is 0 Å². The number of carboxylic acid groups (broad SMARTS) is 1. The van der Waals surface area contributed by atoms with Crippen molar-refractivity contribution in [2.24, 2.45) is 5.92 Å². The number of carbonyl (C=O) groups is 3. The highest BCUT2D eigenvalue weighted by atomic mass is 16.5. The van der Waals surface area contributed by atoms with Crippen LogP contribution < -0.4 is 5.32 Å². The third-order valence-corrected chi connectivity index (χ3v) is 4.11. The van der Waals surface area contributed by atoms with E-state index in [0.717, 1.165) is 11.1 Å². The van der Waals surface area contributed by atoms with Crippen LogP contribution in [0, 0.1) is 5.92 Å². The average molecular weight is 369 g/mol. The van der Waals surface area contributed by atoms with Gasteiger partial charge in [0, 0.05) is 6.42 Å². The zero-order chi connectivity index (χ0) is 19.6. The van der Waals surface area contributed by atoms with Crippen LogP contribution in [0.5, 0.6) is 0 Å². The second-order valence-corrected chi connectivity index (χ2v) is 6.36. The molecule has 0 aliphatic rings. The first-order chi connectivity index (χ1) is 13.0. The molecule has 6 nitrogen and oxygen atoms in total. The SMILES string of the molecule is CC(CC(=O)C(Cc1ccccc1)NC(=O)OCc1ccccc1)C(=O)O. The second kappa shape index (κ2) is 10.1. The molecule has 0 heterocycles. The molecule has 0 bridgehead atoms. The zero-order valence-electron chi connectivity index (χ0n) is 15.1. The maximum absolute atomic E-state index is 12.5. The topological polar surface area (TPSA) is 92.7 Å². The fourth-order valence-corrected chi connectivity index (χ4v) is 2.53. The van der Waals surface area contributed by atoms with Gasteiger partial charge in [-0.15, -0.1) is 0 Å². The number of benzene rings is 2. The number of Topliss-reactive ketones (excluding diaryl/α,β-unsaturated/α-hetero) is 1. The van der Waals surface area contributed by atoms with E-state index in [-0.39, 0.29) is 25.2 Å². The van der Waals surface area contributed by atoms with Crippen molar-refractivity contribution in [1.82, 2.24) is 5.32 Å². The summed E-state index contributed by atoms with van der Waals surface area (Å²) in [5.41, 5.74) is 1.69. The number of hydrogen-bond acceptors (Lipinski definition) is 4. The molecule has 2 atom stereocenters. The molecule has 2 aromatic carbocycles. The summed E-state index contributed by atoms with van der Waals surface area (Å²) < 4.78 is 5.18. The summed E-state index contributed by atoms with van der Waals surface area (Å²) in [7, 11) is 0. The van der Waals surface area contributed by atoms with Crippen LogP contribution in [0.25, 0.3) is 0 Å². The maximum Gasteiger partial charge on any atom is 0.408 e. The first kappa shape index (κ1) is 20.2. The minimum absolute atomic E-state index is 0.0877. The number of carbonyl (C=O) groups excluding carboxylic acids is 2. The van der Waals surface area contributed by atoms with Crippen LogP contribution in [0.15, 0.2) is 60.7 Å². The monoisotopic (exact) mass is 369 g/mol. The van der Waals surface area contributed by atoms with Crippen LogP contribution in [0.1, 0.15) is 24.5 Å². The summed E-state index contributed by atoms with van der Waals surface area (Å²) in [6.45, 7) is 1.55. The Kier molecular flexibility index (Phi) is 7.55. The number of carboxylic acids is 1. The largest absolute Gasteiger partial charge is 0.481 e. The van der Waals surface area contributed by atoms with Crippen LogP contribution in [-0.2, 0) is 27.4 Å². The van der Waals surface area contributed by atoms with Gasteiger partial charge in [-0.2, -0.15) is 0 Å². The highest BCUT2D eigenvalue weighted by molar-refractivity contribution is 5.90. The number of hydrogen-bond donors (Lipinski definition) is 2. The molecule has 0 aliphatic heterocycles. The van der Waals surface area contributed by atoms with Gasteiger partial charge in [-0.25, -0.2) is 4.79 Å². The normalized spacial score (nSPS) is 12.6. The number of alkyl carbamates (subject to hydrolysis) is 1. The summed E-state index contributed by atoms with van der Waals surface area (Å²) in [5, 5.41) is 11.6. The molecule has 0 spiro atoms. The molecule has 27 heavy (non-hydrogen) atoms. The minimum Gasteiger partial charge on any atom is -0.481 e. The molecule has 1 amide bonds. The van der Waals surface area contributed by atoms with Gasteiger partial charge in [-0.1, -0.05) is 67.6 Å². The molecule has 0 aliphatic carbocycles. The van der Waals surface area contributed by atoms with Gasteiger partial charge >= 0.3 is 12.1 Å². The Balaban J connectivity index is 2.00. The number of nitrogens with one attached hydrogen (secondary N) is 1. The molecule has 2 aromatic rings. The Hall–Kier alpha value is -3.15. The predicted molar refractivity (Wildman–Crippen MR) is 100 cm³/mol. The molecule has 6 heteroatoms. The van der Waals surface area contributed by atoms with Crippen LogP contribution in [-0.4, -0.2) is 29.0 Å². The molecule has 0 radical (unpaired) electrons. The standard InChI is InChI=1S/C21H23NO5/c1-15(20(24)25)12-19(23)18(13-16-8-4-2-5-9-16)22-21(26)27-14-17-10-6-3-7-11-17/h2-11,15,18H,12-14H2,1H3,(H,22,26)(H,24,25). The first-order valence-electron chi connectivity index (χ1n) is 8.72. The Morgan fingerprint density at radius 2 is 1.52 bits per heavy atom. The molecule has 2 N–H and O–H groups in total. The van der Waals surface area contributed by atoms with Crippen molar-refractivity contribution in [3.05, 3.63) is 71.8 Å². The predicted octanol–water partition coefficient (Wildman–Crippen LogP) is 3.20. The van der Waals surface area contributed by atoms with Gasteiger partial charge in [0.1, 0.15) is 6.61 Å². The Morgan fingerprint density at radius 1 is 0.963 bits per heavy atom.